The third-order valence-electron chi connectivity index (χ3n) is 4.66. The second kappa shape index (κ2) is 5.96. The standard InChI is InChI=1S/C17H24N2O/c1-2-13-3-5-14(6-4-13)11-17(20)19-10-9-15-7-8-16(12-19)18-15/h3-6,15-16,18H,2,7-12H2,1H3. The van der Waals surface area contributed by atoms with Crippen LogP contribution in [-0.2, 0) is 17.6 Å². The first kappa shape index (κ1) is 13.6. The zero-order valence-corrected chi connectivity index (χ0v) is 12.3. The summed E-state index contributed by atoms with van der Waals surface area (Å²) in [6.07, 6.45) is 5.21. The van der Waals surface area contributed by atoms with Crippen LogP contribution < -0.4 is 5.32 Å². The van der Waals surface area contributed by atoms with Crippen molar-refractivity contribution in [2.45, 2.75) is 51.1 Å². The van der Waals surface area contributed by atoms with E-state index in [1.807, 2.05) is 0 Å². The maximum atomic E-state index is 12.4. The molecule has 20 heavy (non-hydrogen) atoms. The van der Waals surface area contributed by atoms with E-state index in [4.69, 9.17) is 0 Å². The van der Waals surface area contributed by atoms with E-state index in [1.54, 1.807) is 0 Å². The van der Waals surface area contributed by atoms with E-state index in [9.17, 15) is 4.79 Å². The van der Waals surface area contributed by atoms with Crippen molar-refractivity contribution in [1.82, 2.24) is 10.2 Å². The van der Waals surface area contributed by atoms with E-state index >= 15 is 0 Å². The Balaban J connectivity index is 1.60. The molecule has 1 N–H and O–H groups in total. The average molecular weight is 272 g/mol. The zero-order chi connectivity index (χ0) is 13.9. The zero-order valence-electron chi connectivity index (χ0n) is 12.3. The van der Waals surface area contributed by atoms with Gasteiger partial charge in [0.15, 0.2) is 0 Å². The van der Waals surface area contributed by atoms with Gasteiger partial charge < -0.3 is 10.2 Å². The maximum absolute atomic E-state index is 12.4. The fourth-order valence-corrected chi connectivity index (χ4v) is 3.35. The van der Waals surface area contributed by atoms with Crippen LogP contribution >= 0.6 is 0 Å². The highest BCUT2D eigenvalue weighted by Crippen LogP contribution is 2.21. The van der Waals surface area contributed by atoms with Crippen LogP contribution in [0.3, 0.4) is 0 Å². The van der Waals surface area contributed by atoms with Crippen molar-refractivity contribution in [3.05, 3.63) is 35.4 Å². The molecule has 2 unspecified atom stereocenters. The lowest BCUT2D eigenvalue weighted by molar-refractivity contribution is -0.130. The van der Waals surface area contributed by atoms with Crippen LogP contribution in [0.5, 0.6) is 0 Å². The number of likely N-dealkylation sites (tertiary alicyclic amines) is 1. The van der Waals surface area contributed by atoms with Crippen LogP contribution in [0.1, 0.15) is 37.3 Å². The molecule has 2 atom stereocenters. The molecule has 2 heterocycles. The Labute approximate surface area is 121 Å². The third kappa shape index (κ3) is 3.04. The average Bonchev–Trinajstić information content (AvgIpc) is 2.79. The number of amides is 1. The summed E-state index contributed by atoms with van der Waals surface area (Å²) in [5, 5.41) is 3.62. The lowest BCUT2D eigenvalue weighted by Crippen LogP contribution is -2.39. The SMILES string of the molecule is CCc1ccc(CC(=O)N2CCC3CCC(C2)N3)cc1. The summed E-state index contributed by atoms with van der Waals surface area (Å²) >= 11 is 0. The molecular weight excluding hydrogens is 248 g/mol. The van der Waals surface area contributed by atoms with Crippen molar-refractivity contribution >= 4 is 5.91 Å². The number of nitrogens with zero attached hydrogens (tertiary/aromatic N) is 1. The summed E-state index contributed by atoms with van der Waals surface area (Å²) in [5.74, 6) is 0.281. The summed E-state index contributed by atoms with van der Waals surface area (Å²) in [6.45, 7) is 3.96. The van der Waals surface area contributed by atoms with E-state index in [-0.39, 0.29) is 5.91 Å². The molecule has 0 aromatic heterocycles. The first-order valence-electron chi connectivity index (χ1n) is 7.86. The van der Waals surface area contributed by atoms with Crippen LogP contribution in [0.25, 0.3) is 0 Å². The monoisotopic (exact) mass is 272 g/mol. The Kier molecular flexibility index (Phi) is 4.06. The molecule has 108 valence electrons. The molecule has 1 aromatic rings. The van der Waals surface area contributed by atoms with E-state index in [2.05, 4.69) is 41.4 Å². The van der Waals surface area contributed by atoms with Crippen molar-refractivity contribution in [2.75, 3.05) is 13.1 Å². The lowest BCUT2D eigenvalue weighted by Gasteiger charge is -2.24. The van der Waals surface area contributed by atoms with Gasteiger partial charge in [-0.25, -0.2) is 0 Å². The lowest BCUT2D eigenvalue weighted by atomic mass is 10.1. The number of hydrogen-bond acceptors (Lipinski definition) is 2. The highest BCUT2D eigenvalue weighted by Gasteiger charge is 2.30. The molecule has 3 heteroatoms. The maximum Gasteiger partial charge on any atom is 0.227 e. The Bertz CT molecular complexity index is 468. The second-order valence-corrected chi connectivity index (χ2v) is 6.11. The van der Waals surface area contributed by atoms with E-state index in [1.165, 1.54) is 18.4 Å². The van der Waals surface area contributed by atoms with Gasteiger partial charge >= 0.3 is 0 Å². The molecule has 1 aromatic carbocycles. The quantitative estimate of drug-likeness (QED) is 0.914. The van der Waals surface area contributed by atoms with E-state index < -0.39 is 0 Å². The number of carbonyl (C=O) groups excluding carboxylic acids is 1. The van der Waals surface area contributed by atoms with E-state index in [0.29, 0.717) is 18.5 Å². The molecule has 0 saturated carbocycles. The first-order valence-corrected chi connectivity index (χ1v) is 7.86. The van der Waals surface area contributed by atoms with Crippen molar-refractivity contribution < 1.29 is 4.79 Å². The normalized spacial score (nSPS) is 25.6. The van der Waals surface area contributed by atoms with Crippen molar-refractivity contribution in [1.29, 1.82) is 0 Å². The fourth-order valence-electron chi connectivity index (χ4n) is 3.35. The van der Waals surface area contributed by atoms with Crippen molar-refractivity contribution in [2.24, 2.45) is 0 Å². The number of hydrogen-bond donors (Lipinski definition) is 1. The molecule has 2 bridgehead atoms. The van der Waals surface area contributed by atoms with Gasteiger partial charge in [-0.3, -0.25) is 4.79 Å². The van der Waals surface area contributed by atoms with Crippen LogP contribution in [0.15, 0.2) is 24.3 Å². The van der Waals surface area contributed by atoms with Gasteiger partial charge in [0.05, 0.1) is 6.42 Å². The van der Waals surface area contributed by atoms with Gasteiger partial charge in [-0.05, 0) is 36.8 Å². The van der Waals surface area contributed by atoms with Gasteiger partial charge in [-0.1, -0.05) is 31.2 Å². The molecule has 2 aliphatic heterocycles. The topological polar surface area (TPSA) is 32.3 Å². The summed E-state index contributed by atoms with van der Waals surface area (Å²) in [7, 11) is 0. The molecule has 3 nitrogen and oxygen atoms in total. The smallest absolute Gasteiger partial charge is 0.227 e. The first-order chi connectivity index (χ1) is 9.74. The fraction of sp³-hybridized carbons (Fsp3) is 0.588. The molecule has 2 saturated heterocycles. The molecule has 1 amide bonds. The molecule has 0 radical (unpaired) electrons. The van der Waals surface area contributed by atoms with Crippen molar-refractivity contribution in [3.8, 4) is 0 Å². The summed E-state index contributed by atoms with van der Waals surface area (Å²) in [6, 6.07) is 9.62. The summed E-state index contributed by atoms with van der Waals surface area (Å²) in [5.41, 5.74) is 2.46. The Morgan fingerprint density at radius 2 is 1.85 bits per heavy atom. The molecule has 0 aliphatic carbocycles. The van der Waals surface area contributed by atoms with Crippen LogP contribution in [0.2, 0.25) is 0 Å². The molecular formula is C17H24N2O. The number of aryl methyl sites for hydroxylation is 1. The molecule has 0 spiro atoms. The predicted molar refractivity (Wildman–Crippen MR) is 80.7 cm³/mol. The predicted octanol–water partition coefficient (Wildman–Crippen LogP) is 2.14. The number of nitrogens with one attached hydrogen (secondary N) is 1. The van der Waals surface area contributed by atoms with Crippen LogP contribution in [0, 0.1) is 0 Å². The highest BCUT2D eigenvalue weighted by atomic mass is 16.2. The number of rotatable bonds is 3. The number of fused-ring (bicyclic) bond motifs is 2. The Morgan fingerprint density at radius 3 is 2.60 bits per heavy atom. The van der Waals surface area contributed by atoms with E-state index in [0.717, 1.165) is 31.5 Å². The van der Waals surface area contributed by atoms with Gasteiger partial charge in [0, 0.05) is 25.2 Å². The van der Waals surface area contributed by atoms with Gasteiger partial charge in [-0.2, -0.15) is 0 Å². The summed E-state index contributed by atoms with van der Waals surface area (Å²) < 4.78 is 0. The summed E-state index contributed by atoms with van der Waals surface area (Å²) in [4.78, 5) is 14.5. The van der Waals surface area contributed by atoms with Gasteiger partial charge in [-0.15, -0.1) is 0 Å². The minimum Gasteiger partial charge on any atom is -0.341 e. The minimum absolute atomic E-state index is 0.281. The molecule has 2 fully saturated rings. The van der Waals surface area contributed by atoms with Crippen LogP contribution in [-0.4, -0.2) is 36.0 Å². The minimum atomic E-state index is 0.281. The van der Waals surface area contributed by atoms with Crippen molar-refractivity contribution in [3.63, 3.8) is 0 Å². The largest absolute Gasteiger partial charge is 0.341 e. The second-order valence-electron chi connectivity index (χ2n) is 6.11. The molecule has 3 rings (SSSR count). The molecule has 2 aliphatic rings. The number of benzene rings is 1. The number of carbonyl (C=O) groups is 1. The van der Waals surface area contributed by atoms with Gasteiger partial charge in [0.25, 0.3) is 0 Å². The van der Waals surface area contributed by atoms with Gasteiger partial charge in [0.2, 0.25) is 5.91 Å². The Morgan fingerprint density at radius 1 is 1.15 bits per heavy atom. The highest BCUT2D eigenvalue weighted by molar-refractivity contribution is 5.78. The Hall–Kier alpha value is -1.35. The van der Waals surface area contributed by atoms with Gasteiger partial charge in [0.1, 0.15) is 0 Å². The van der Waals surface area contributed by atoms with Crippen LogP contribution in [0.4, 0.5) is 0 Å². The third-order valence-corrected chi connectivity index (χ3v) is 4.66.